The predicted octanol–water partition coefficient (Wildman–Crippen LogP) is -0.287. The molecular formula is C9H19NO4S. The van der Waals surface area contributed by atoms with Crippen LogP contribution in [-0.2, 0) is 14.8 Å². The van der Waals surface area contributed by atoms with E-state index in [1.807, 2.05) is 6.92 Å². The van der Waals surface area contributed by atoms with Gasteiger partial charge in [-0.25, -0.2) is 13.1 Å². The summed E-state index contributed by atoms with van der Waals surface area (Å²) in [6, 6.07) is 0. The summed E-state index contributed by atoms with van der Waals surface area (Å²) in [7, 11) is -3.22. The van der Waals surface area contributed by atoms with E-state index in [4.69, 9.17) is 9.84 Å². The van der Waals surface area contributed by atoms with Crippen LogP contribution in [0.5, 0.6) is 0 Å². The maximum Gasteiger partial charge on any atom is 0.211 e. The number of nitrogens with one attached hydrogen (secondary N) is 1. The molecular weight excluding hydrogens is 218 g/mol. The molecule has 1 saturated heterocycles. The summed E-state index contributed by atoms with van der Waals surface area (Å²) in [6.45, 7) is 3.02. The number of aliphatic hydroxyl groups is 1. The van der Waals surface area contributed by atoms with E-state index in [2.05, 4.69) is 4.72 Å². The number of hydrogen-bond donors (Lipinski definition) is 2. The molecule has 0 bridgehead atoms. The molecule has 2 atom stereocenters. The van der Waals surface area contributed by atoms with Crippen LogP contribution in [0.4, 0.5) is 0 Å². The lowest BCUT2D eigenvalue weighted by molar-refractivity contribution is 0.107. The van der Waals surface area contributed by atoms with Crippen LogP contribution in [-0.4, -0.2) is 45.1 Å². The highest BCUT2D eigenvalue weighted by molar-refractivity contribution is 7.89. The molecule has 1 aliphatic heterocycles. The lowest BCUT2D eigenvalue weighted by Crippen LogP contribution is -2.33. The molecule has 0 aromatic rings. The number of sulfonamides is 1. The zero-order valence-electron chi connectivity index (χ0n) is 8.98. The van der Waals surface area contributed by atoms with Crippen molar-refractivity contribution in [2.45, 2.75) is 25.9 Å². The molecule has 0 spiro atoms. The van der Waals surface area contributed by atoms with Gasteiger partial charge < -0.3 is 9.84 Å². The first-order chi connectivity index (χ1) is 7.05. The molecule has 1 aliphatic rings. The van der Waals surface area contributed by atoms with Crippen LogP contribution in [0.15, 0.2) is 0 Å². The molecule has 6 heteroatoms. The summed E-state index contributed by atoms with van der Waals surface area (Å²) in [5.74, 6) is 0.264. The average molecular weight is 237 g/mol. The third-order valence-electron chi connectivity index (χ3n) is 2.67. The highest BCUT2D eigenvalue weighted by atomic mass is 32.2. The molecule has 90 valence electrons. The van der Waals surface area contributed by atoms with Crippen molar-refractivity contribution in [2.75, 3.05) is 25.5 Å². The summed E-state index contributed by atoms with van der Waals surface area (Å²) in [6.07, 6.45) is 1.32. The fraction of sp³-hybridized carbons (Fsp3) is 1.00. The van der Waals surface area contributed by atoms with Crippen molar-refractivity contribution in [1.29, 1.82) is 0 Å². The highest BCUT2D eigenvalue weighted by Crippen LogP contribution is 2.19. The van der Waals surface area contributed by atoms with E-state index < -0.39 is 10.0 Å². The smallest absolute Gasteiger partial charge is 0.211 e. The summed E-state index contributed by atoms with van der Waals surface area (Å²) >= 11 is 0. The van der Waals surface area contributed by atoms with Gasteiger partial charge in [-0.15, -0.1) is 0 Å². The monoisotopic (exact) mass is 237 g/mol. The quantitative estimate of drug-likeness (QED) is 0.666. The van der Waals surface area contributed by atoms with Crippen molar-refractivity contribution < 1.29 is 18.3 Å². The minimum atomic E-state index is -3.22. The van der Waals surface area contributed by atoms with Crippen molar-refractivity contribution in [3.63, 3.8) is 0 Å². The van der Waals surface area contributed by atoms with Gasteiger partial charge in [-0.2, -0.15) is 0 Å². The van der Waals surface area contributed by atoms with Crippen LogP contribution in [0.3, 0.4) is 0 Å². The van der Waals surface area contributed by atoms with Gasteiger partial charge in [0.2, 0.25) is 10.0 Å². The molecule has 0 saturated carbocycles. The Morgan fingerprint density at radius 1 is 1.53 bits per heavy atom. The number of aliphatic hydroxyl groups excluding tert-OH is 1. The van der Waals surface area contributed by atoms with Gasteiger partial charge in [0.1, 0.15) is 0 Å². The minimum absolute atomic E-state index is 0.00847. The second kappa shape index (κ2) is 5.79. The average Bonchev–Trinajstić information content (AvgIpc) is 2.58. The van der Waals surface area contributed by atoms with Gasteiger partial charge >= 0.3 is 0 Å². The fourth-order valence-corrected chi connectivity index (χ4v) is 2.73. The van der Waals surface area contributed by atoms with Gasteiger partial charge in [-0.1, -0.05) is 0 Å². The predicted molar refractivity (Wildman–Crippen MR) is 57.0 cm³/mol. The summed E-state index contributed by atoms with van der Waals surface area (Å²) in [5.41, 5.74) is 0. The molecule has 1 rings (SSSR count). The van der Waals surface area contributed by atoms with Crippen LogP contribution in [0.1, 0.15) is 19.8 Å². The van der Waals surface area contributed by atoms with E-state index in [0.717, 1.165) is 6.42 Å². The van der Waals surface area contributed by atoms with Crippen LogP contribution in [0.25, 0.3) is 0 Å². The van der Waals surface area contributed by atoms with E-state index in [1.54, 1.807) is 0 Å². The van der Waals surface area contributed by atoms with Gasteiger partial charge in [0, 0.05) is 25.7 Å². The largest absolute Gasteiger partial charge is 0.396 e. The van der Waals surface area contributed by atoms with Crippen LogP contribution < -0.4 is 4.72 Å². The van der Waals surface area contributed by atoms with Crippen molar-refractivity contribution in [3.05, 3.63) is 0 Å². The Hall–Kier alpha value is -0.170. The van der Waals surface area contributed by atoms with Gasteiger partial charge in [-0.05, 0) is 19.8 Å². The van der Waals surface area contributed by atoms with Gasteiger partial charge in [0.15, 0.2) is 0 Å². The molecule has 1 heterocycles. The number of ether oxygens (including phenoxy) is 1. The molecule has 2 unspecified atom stereocenters. The van der Waals surface area contributed by atoms with E-state index in [9.17, 15) is 8.42 Å². The molecule has 1 fully saturated rings. The third-order valence-corrected chi connectivity index (χ3v) is 4.10. The van der Waals surface area contributed by atoms with E-state index in [1.165, 1.54) is 0 Å². The molecule has 2 N–H and O–H groups in total. The van der Waals surface area contributed by atoms with Gasteiger partial charge in [-0.3, -0.25) is 0 Å². The second-order valence-electron chi connectivity index (χ2n) is 3.87. The topological polar surface area (TPSA) is 75.6 Å². The Morgan fingerprint density at radius 2 is 2.27 bits per heavy atom. The van der Waals surface area contributed by atoms with E-state index >= 15 is 0 Å². The van der Waals surface area contributed by atoms with Crippen molar-refractivity contribution in [1.82, 2.24) is 4.72 Å². The first kappa shape index (κ1) is 12.9. The Balaban J connectivity index is 2.29. The first-order valence-corrected chi connectivity index (χ1v) is 6.90. The molecule has 0 aromatic heterocycles. The Bertz CT molecular complexity index is 278. The Labute approximate surface area is 90.9 Å². The SMILES string of the molecule is CC1OCCC1CNS(=O)(=O)CCCO. The highest BCUT2D eigenvalue weighted by Gasteiger charge is 2.25. The van der Waals surface area contributed by atoms with Crippen molar-refractivity contribution in [3.8, 4) is 0 Å². The van der Waals surface area contributed by atoms with Gasteiger partial charge in [0.05, 0.1) is 11.9 Å². The molecule has 0 amide bonds. The number of rotatable bonds is 6. The Kier molecular flexibility index (Phi) is 4.98. The maximum absolute atomic E-state index is 11.4. The summed E-state index contributed by atoms with van der Waals surface area (Å²) in [5, 5.41) is 8.54. The molecule has 5 nitrogen and oxygen atoms in total. The molecule has 0 aliphatic carbocycles. The summed E-state index contributed by atoms with van der Waals surface area (Å²) in [4.78, 5) is 0. The second-order valence-corrected chi connectivity index (χ2v) is 5.80. The Morgan fingerprint density at radius 3 is 2.80 bits per heavy atom. The third kappa shape index (κ3) is 4.46. The molecule has 15 heavy (non-hydrogen) atoms. The lowest BCUT2D eigenvalue weighted by atomic mass is 10.0. The minimum Gasteiger partial charge on any atom is -0.396 e. The van der Waals surface area contributed by atoms with Crippen LogP contribution in [0.2, 0.25) is 0 Å². The van der Waals surface area contributed by atoms with Crippen molar-refractivity contribution >= 4 is 10.0 Å². The van der Waals surface area contributed by atoms with Crippen molar-refractivity contribution in [2.24, 2.45) is 5.92 Å². The van der Waals surface area contributed by atoms with E-state index in [0.29, 0.717) is 13.2 Å². The fourth-order valence-electron chi connectivity index (χ4n) is 1.60. The van der Waals surface area contributed by atoms with Gasteiger partial charge in [0.25, 0.3) is 0 Å². The zero-order valence-corrected chi connectivity index (χ0v) is 9.79. The maximum atomic E-state index is 11.4. The standard InChI is InChI=1S/C9H19NO4S/c1-8-9(3-5-14-8)7-10-15(12,13)6-2-4-11/h8-11H,2-7H2,1H3. The zero-order chi connectivity index (χ0) is 11.3. The number of hydrogen-bond acceptors (Lipinski definition) is 4. The van der Waals surface area contributed by atoms with Crippen LogP contribution in [0, 0.1) is 5.92 Å². The molecule has 0 radical (unpaired) electrons. The van der Waals surface area contributed by atoms with E-state index in [-0.39, 0.29) is 30.8 Å². The lowest BCUT2D eigenvalue weighted by Gasteiger charge is -2.14. The first-order valence-electron chi connectivity index (χ1n) is 5.25. The normalized spacial score (nSPS) is 27.1. The molecule has 0 aromatic carbocycles. The summed E-state index contributed by atoms with van der Waals surface area (Å²) < 4.78 is 30.7. The van der Waals surface area contributed by atoms with Crippen LogP contribution >= 0.6 is 0 Å².